The molecule has 6 heteroatoms. The maximum absolute atomic E-state index is 11.9. The Morgan fingerprint density at radius 3 is 2.82 bits per heavy atom. The van der Waals surface area contributed by atoms with Crippen LogP contribution < -0.4 is 5.32 Å². The molecule has 22 heavy (non-hydrogen) atoms. The van der Waals surface area contributed by atoms with Gasteiger partial charge in [-0.2, -0.15) is 0 Å². The Kier molecular flexibility index (Phi) is 4.98. The van der Waals surface area contributed by atoms with Crippen molar-refractivity contribution < 1.29 is 9.72 Å². The second kappa shape index (κ2) is 7.12. The molecule has 0 bridgehead atoms. The monoisotopic (exact) mass is 297 g/mol. The lowest BCUT2D eigenvalue weighted by Crippen LogP contribution is -2.25. The van der Waals surface area contributed by atoms with Crippen LogP contribution in [-0.2, 0) is 4.79 Å². The highest BCUT2D eigenvalue weighted by molar-refractivity contribution is 5.92. The van der Waals surface area contributed by atoms with Gasteiger partial charge in [0.15, 0.2) is 0 Å². The maximum Gasteiger partial charge on any atom is 0.270 e. The Morgan fingerprint density at radius 2 is 2.14 bits per heavy atom. The number of nitrogens with zero attached hydrogens (tertiary/aromatic N) is 2. The third-order valence-electron chi connectivity index (χ3n) is 3.00. The summed E-state index contributed by atoms with van der Waals surface area (Å²) in [5.41, 5.74) is 1.35. The Balaban J connectivity index is 2.00. The molecule has 0 aliphatic carbocycles. The first-order chi connectivity index (χ1) is 10.6. The highest BCUT2D eigenvalue weighted by Gasteiger charge is 2.08. The molecule has 0 radical (unpaired) electrons. The van der Waals surface area contributed by atoms with E-state index >= 15 is 0 Å². The van der Waals surface area contributed by atoms with Gasteiger partial charge in [0.1, 0.15) is 0 Å². The Morgan fingerprint density at radius 1 is 1.32 bits per heavy atom. The highest BCUT2D eigenvalue weighted by atomic mass is 16.6. The third-order valence-corrected chi connectivity index (χ3v) is 3.00. The van der Waals surface area contributed by atoms with Crippen LogP contribution in [0.25, 0.3) is 6.08 Å². The summed E-state index contributed by atoms with van der Waals surface area (Å²) in [7, 11) is 0. The molecule has 1 heterocycles. The molecule has 6 nitrogen and oxygen atoms in total. The standard InChI is InChI=1S/C16H15N3O3/c1-12(15-7-2-3-10-17-15)18-16(20)9-8-13-5-4-6-14(11-13)19(21)22/h2-12H,1H3,(H,18,20)/b9-8+. The molecule has 1 atom stereocenters. The zero-order valence-electron chi connectivity index (χ0n) is 12.0. The van der Waals surface area contributed by atoms with E-state index in [4.69, 9.17) is 0 Å². The molecule has 1 unspecified atom stereocenters. The zero-order valence-corrected chi connectivity index (χ0v) is 12.0. The van der Waals surface area contributed by atoms with Crippen LogP contribution in [-0.4, -0.2) is 15.8 Å². The predicted molar refractivity (Wildman–Crippen MR) is 82.9 cm³/mol. The minimum absolute atomic E-state index is 0.00980. The average molecular weight is 297 g/mol. The Labute approximate surface area is 127 Å². The van der Waals surface area contributed by atoms with Crippen LogP contribution in [0.15, 0.2) is 54.7 Å². The SMILES string of the molecule is CC(NC(=O)/C=C/c1cccc([N+](=O)[O-])c1)c1ccccn1. The van der Waals surface area contributed by atoms with E-state index in [-0.39, 0.29) is 17.6 Å². The normalized spacial score (nSPS) is 12.0. The van der Waals surface area contributed by atoms with E-state index < -0.39 is 4.92 Å². The number of carbonyl (C=O) groups is 1. The summed E-state index contributed by atoms with van der Waals surface area (Å²) < 4.78 is 0. The van der Waals surface area contributed by atoms with Gasteiger partial charge in [-0.3, -0.25) is 19.9 Å². The van der Waals surface area contributed by atoms with Crippen LogP contribution >= 0.6 is 0 Å². The molecule has 0 fully saturated rings. The van der Waals surface area contributed by atoms with Crippen molar-refractivity contribution in [3.05, 3.63) is 76.1 Å². The van der Waals surface area contributed by atoms with E-state index in [0.29, 0.717) is 5.56 Å². The zero-order chi connectivity index (χ0) is 15.9. The van der Waals surface area contributed by atoms with E-state index in [0.717, 1.165) is 5.69 Å². The molecular weight excluding hydrogens is 282 g/mol. The van der Waals surface area contributed by atoms with Gasteiger partial charge in [-0.1, -0.05) is 18.2 Å². The van der Waals surface area contributed by atoms with E-state index in [2.05, 4.69) is 10.3 Å². The largest absolute Gasteiger partial charge is 0.344 e. The molecule has 0 saturated carbocycles. The van der Waals surface area contributed by atoms with E-state index in [9.17, 15) is 14.9 Å². The van der Waals surface area contributed by atoms with Gasteiger partial charge < -0.3 is 5.32 Å². The number of aromatic nitrogens is 1. The summed E-state index contributed by atoms with van der Waals surface area (Å²) in [5.74, 6) is -0.287. The Bertz CT molecular complexity index is 699. The fourth-order valence-corrected chi connectivity index (χ4v) is 1.88. The summed E-state index contributed by atoms with van der Waals surface area (Å²) in [6.45, 7) is 1.83. The van der Waals surface area contributed by atoms with E-state index in [1.54, 1.807) is 24.4 Å². The first-order valence-corrected chi connectivity index (χ1v) is 6.70. The molecule has 0 aliphatic rings. The third kappa shape index (κ3) is 4.24. The minimum Gasteiger partial charge on any atom is -0.344 e. The molecule has 0 spiro atoms. The van der Waals surface area contributed by atoms with E-state index in [1.165, 1.54) is 24.3 Å². The molecular formula is C16H15N3O3. The number of rotatable bonds is 5. The van der Waals surface area contributed by atoms with Gasteiger partial charge in [0.2, 0.25) is 5.91 Å². The summed E-state index contributed by atoms with van der Waals surface area (Å²) in [4.78, 5) is 26.2. The van der Waals surface area contributed by atoms with Crippen molar-refractivity contribution >= 4 is 17.7 Å². The molecule has 0 saturated heterocycles. The van der Waals surface area contributed by atoms with Crippen molar-refractivity contribution in [2.45, 2.75) is 13.0 Å². The van der Waals surface area contributed by atoms with Gasteiger partial charge in [-0.05, 0) is 30.7 Å². The highest BCUT2D eigenvalue weighted by Crippen LogP contribution is 2.14. The van der Waals surface area contributed by atoms with Crippen molar-refractivity contribution in [1.82, 2.24) is 10.3 Å². The number of nitro benzene ring substituents is 1. The van der Waals surface area contributed by atoms with Gasteiger partial charge in [0.25, 0.3) is 5.69 Å². The lowest BCUT2D eigenvalue weighted by Gasteiger charge is -2.11. The van der Waals surface area contributed by atoms with Crippen LogP contribution in [0.2, 0.25) is 0 Å². The van der Waals surface area contributed by atoms with Crippen molar-refractivity contribution in [3.63, 3.8) is 0 Å². The Hall–Kier alpha value is -3.02. The smallest absolute Gasteiger partial charge is 0.270 e. The number of pyridine rings is 1. The maximum atomic E-state index is 11.9. The fourth-order valence-electron chi connectivity index (χ4n) is 1.88. The molecule has 1 aromatic carbocycles. The van der Waals surface area contributed by atoms with Crippen LogP contribution in [0.1, 0.15) is 24.2 Å². The molecule has 2 rings (SSSR count). The van der Waals surface area contributed by atoms with Crippen molar-refractivity contribution in [2.75, 3.05) is 0 Å². The lowest BCUT2D eigenvalue weighted by atomic mass is 10.2. The molecule has 112 valence electrons. The van der Waals surface area contributed by atoms with Crippen molar-refractivity contribution in [2.24, 2.45) is 0 Å². The van der Waals surface area contributed by atoms with Gasteiger partial charge in [0.05, 0.1) is 16.7 Å². The molecule has 0 aliphatic heterocycles. The molecule has 1 aromatic heterocycles. The first-order valence-electron chi connectivity index (χ1n) is 6.70. The van der Waals surface area contributed by atoms with Crippen LogP contribution in [0.5, 0.6) is 0 Å². The van der Waals surface area contributed by atoms with Crippen molar-refractivity contribution in [1.29, 1.82) is 0 Å². The number of amides is 1. The predicted octanol–water partition coefficient (Wildman–Crippen LogP) is 2.88. The minimum atomic E-state index is -0.472. The average Bonchev–Trinajstić information content (AvgIpc) is 2.54. The number of nitro groups is 1. The number of benzene rings is 1. The summed E-state index contributed by atoms with van der Waals surface area (Å²) in [6, 6.07) is 11.3. The lowest BCUT2D eigenvalue weighted by molar-refractivity contribution is -0.384. The number of carbonyl (C=O) groups excluding carboxylic acids is 1. The topological polar surface area (TPSA) is 85.1 Å². The molecule has 1 amide bonds. The summed E-state index contributed by atoms with van der Waals surface area (Å²) in [6.07, 6.45) is 4.54. The second-order valence-electron chi connectivity index (χ2n) is 4.67. The first kappa shape index (κ1) is 15.4. The summed E-state index contributed by atoms with van der Waals surface area (Å²) >= 11 is 0. The van der Waals surface area contributed by atoms with Crippen LogP contribution in [0, 0.1) is 10.1 Å². The second-order valence-corrected chi connectivity index (χ2v) is 4.67. The fraction of sp³-hybridized carbons (Fsp3) is 0.125. The number of hydrogen-bond donors (Lipinski definition) is 1. The van der Waals surface area contributed by atoms with Crippen molar-refractivity contribution in [3.8, 4) is 0 Å². The number of nitrogens with one attached hydrogen (secondary N) is 1. The van der Waals surface area contributed by atoms with Gasteiger partial charge in [-0.25, -0.2) is 0 Å². The van der Waals surface area contributed by atoms with Gasteiger partial charge in [-0.15, -0.1) is 0 Å². The van der Waals surface area contributed by atoms with E-state index in [1.807, 2.05) is 19.1 Å². The van der Waals surface area contributed by atoms with Crippen LogP contribution in [0.4, 0.5) is 5.69 Å². The van der Waals surface area contributed by atoms with Gasteiger partial charge in [0, 0.05) is 24.4 Å². The molecule has 1 N–H and O–H groups in total. The number of non-ortho nitro benzene ring substituents is 1. The summed E-state index contributed by atoms with van der Waals surface area (Å²) in [5, 5.41) is 13.5. The number of hydrogen-bond acceptors (Lipinski definition) is 4. The quantitative estimate of drug-likeness (QED) is 0.522. The van der Waals surface area contributed by atoms with Crippen LogP contribution in [0.3, 0.4) is 0 Å². The molecule has 2 aromatic rings. The van der Waals surface area contributed by atoms with Gasteiger partial charge >= 0.3 is 0 Å².